The van der Waals surface area contributed by atoms with Gasteiger partial charge in [-0.25, -0.2) is 0 Å². The summed E-state index contributed by atoms with van der Waals surface area (Å²) in [7, 11) is 2.10. The molecule has 0 unspecified atom stereocenters. The summed E-state index contributed by atoms with van der Waals surface area (Å²) in [5, 5.41) is 3.42. The zero-order valence-electron chi connectivity index (χ0n) is 11.5. The molecular weight excluding hydrogens is 218 g/mol. The van der Waals surface area contributed by atoms with E-state index in [1.54, 1.807) is 16.7 Å². The highest BCUT2D eigenvalue weighted by Gasteiger charge is 2.20. The van der Waals surface area contributed by atoms with E-state index in [1.165, 1.54) is 51.4 Å². The van der Waals surface area contributed by atoms with Crippen molar-refractivity contribution in [1.82, 2.24) is 5.32 Å². The van der Waals surface area contributed by atoms with E-state index in [-0.39, 0.29) is 0 Å². The molecule has 98 valence electrons. The zero-order valence-corrected chi connectivity index (χ0v) is 11.5. The van der Waals surface area contributed by atoms with Crippen LogP contribution in [0.1, 0.15) is 48.8 Å². The van der Waals surface area contributed by atoms with Gasteiger partial charge in [0.15, 0.2) is 0 Å². The van der Waals surface area contributed by atoms with Gasteiger partial charge >= 0.3 is 0 Å². The van der Waals surface area contributed by atoms with Gasteiger partial charge in [0, 0.05) is 6.04 Å². The minimum atomic E-state index is 0.779. The van der Waals surface area contributed by atoms with Crippen LogP contribution >= 0.6 is 0 Å². The summed E-state index contributed by atoms with van der Waals surface area (Å²) in [6.45, 7) is 0. The maximum Gasteiger partial charge on any atom is 0.00642 e. The Morgan fingerprint density at radius 1 is 1.06 bits per heavy atom. The maximum absolute atomic E-state index is 3.42. The van der Waals surface area contributed by atoms with Gasteiger partial charge in [0.2, 0.25) is 0 Å². The molecule has 0 bridgehead atoms. The van der Waals surface area contributed by atoms with Gasteiger partial charge < -0.3 is 5.32 Å². The summed E-state index contributed by atoms with van der Waals surface area (Å²) < 4.78 is 0. The lowest BCUT2D eigenvalue weighted by Crippen LogP contribution is -2.30. The van der Waals surface area contributed by atoms with Crippen LogP contribution in [0.2, 0.25) is 0 Å². The van der Waals surface area contributed by atoms with Gasteiger partial charge in [0.25, 0.3) is 0 Å². The summed E-state index contributed by atoms with van der Waals surface area (Å²) in [5.74, 6) is 0.925. The van der Waals surface area contributed by atoms with Crippen molar-refractivity contribution < 1.29 is 0 Å². The number of rotatable bonds is 3. The van der Waals surface area contributed by atoms with E-state index in [2.05, 4.69) is 30.6 Å². The normalized spacial score (nSPS) is 27.2. The van der Waals surface area contributed by atoms with Crippen LogP contribution in [0, 0.1) is 5.92 Å². The van der Waals surface area contributed by atoms with Gasteiger partial charge in [-0.05, 0) is 81.0 Å². The monoisotopic (exact) mass is 243 g/mol. The highest BCUT2D eigenvalue weighted by molar-refractivity contribution is 5.35. The molecule has 2 aliphatic rings. The van der Waals surface area contributed by atoms with Crippen molar-refractivity contribution in [2.45, 2.75) is 57.4 Å². The lowest BCUT2D eigenvalue weighted by atomic mass is 9.82. The second-order valence-electron chi connectivity index (χ2n) is 6.17. The second-order valence-corrected chi connectivity index (χ2v) is 6.17. The molecule has 0 amide bonds. The molecule has 0 aliphatic heterocycles. The van der Waals surface area contributed by atoms with E-state index in [9.17, 15) is 0 Å². The van der Waals surface area contributed by atoms with Crippen LogP contribution in [0.15, 0.2) is 18.2 Å². The Morgan fingerprint density at radius 2 is 1.83 bits per heavy atom. The van der Waals surface area contributed by atoms with Crippen LogP contribution < -0.4 is 5.32 Å². The van der Waals surface area contributed by atoms with Crippen LogP contribution in [0.25, 0.3) is 0 Å². The SMILES string of the molecule is CNC1CCC(Cc2ccc3c(c2)CCC3)CC1. The molecule has 1 heteroatoms. The van der Waals surface area contributed by atoms with Crippen molar-refractivity contribution in [3.05, 3.63) is 34.9 Å². The Morgan fingerprint density at radius 3 is 2.61 bits per heavy atom. The number of fused-ring (bicyclic) bond motifs is 1. The van der Waals surface area contributed by atoms with Crippen molar-refractivity contribution in [2.24, 2.45) is 5.92 Å². The van der Waals surface area contributed by atoms with Gasteiger partial charge in [-0.1, -0.05) is 18.2 Å². The summed E-state index contributed by atoms with van der Waals surface area (Å²) in [6.07, 6.45) is 10.8. The van der Waals surface area contributed by atoms with Crippen molar-refractivity contribution in [1.29, 1.82) is 0 Å². The van der Waals surface area contributed by atoms with E-state index in [0.717, 1.165) is 12.0 Å². The first-order chi connectivity index (χ1) is 8.85. The minimum Gasteiger partial charge on any atom is -0.317 e. The topological polar surface area (TPSA) is 12.0 Å². The Bertz CT molecular complexity index is 402. The van der Waals surface area contributed by atoms with Gasteiger partial charge in [-0.3, -0.25) is 0 Å². The number of benzene rings is 1. The van der Waals surface area contributed by atoms with Gasteiger partial charge in [-0.2, -0.15) is 0 Å². The molecule has 0 atom stereocenters. The first kappa shape index (κ1) is 12.2. The largest absolute Gasteiger partial charge is 0.317 e. The number of nitrogens with one attached hydrogen (secondary N) is 1. The van der Waals surface area contributed by atoms with Crippen LogP contribution in [0.5, 0.6) is 0 Å². The third-order valence-corrected chi connectivity index (χ3v) is 4.94. The highest BCUT2D eigenvalue weighted by atomic mass is 14.9. The average Bonchev–Trinajstić information content (AvgIpc) is 2.87. The van der Waals surface area contributed by atoms with E-state index >= 15 is 0 Å². The molecule has 1 fully saturated rings. The minimum absolute atomic E-state index is 0.779. The van der Waals surface area contributed by atoms with Crippen LogP contribution in [-0.2, 0) is 19.3 Å². The molecule has 1 nitrogen and oxygen atoms in total. The molecular formula is C17H25N. The van der Waals surface area contributed by atoms with E-state index in [0.29, 0.717) is 0 Å². The Hall–Kier alpha value is -0.820. The first-order valence-electron chi connectivity index (χ1n) is 7.63. The molecule has 0 radical (unpaired) electrons. The van der Waals surface area contributed by atoms with Crippen LogP contribution in [-0.4, -0.2) is 13.1 Å². The summed E-state index contributed by atoms with van der Waals surface area (Å²) >= 11 is 0. The van der Waals surface area contributed by atoms with Gasteiger partial charge in [0.05, 0.1) is 0 Å². The fourth-order valence-electron chi connectivity index (χ4n) is 3.74. The fourth-order valence-corrected chi connectivity index (χ4v) is 3.74. The standard InChI is InChI=1S/C17H25N/c1-18-17-9-6-13(7-10-17)11-14-5-8-15-3-2-4-16(15)12-14/h5,8,12-13,17-18H,2-4,6-7,9-11H2,1H3. The third-order valence-electron chi connectivity index (χ3n) is 4.94. The Kier molecular flexibility index (Phi) is 3.69. The fraction of sp³-hybridized carbons (Fsp3) is 0.647. The summed E-state index contributed by atoms with van der Waals surface area (Å²) in [6, 6.07) is 8.04. The summed E-state index contributed by atoms with van der Waals surface area (Å²) in [5.41, 5.74) is 4.83. The van der Waals surface area contributed by atoms with E-state index in [1.807, 2.05) is 0 Å². The molecule has 0 heterocycles. The maximum atomic E-state index is 3.42. The molecule has 3 rings (SSSR count). The van der Waals surface area contributed by atoms with E-state index < -0.39 is 0 Å². The molecule has 2 aliphatic carbocycles. The van der Waals surface area contributed by atoms with Crippen molar-refractivity contribution >= 4 is 0 Å². The quantitative estimate of drug-likeness (QED) is 0.857. The average molecular weight is 243 g/mol. The Labute approximate surface area is 111 Å². The number of hydrogen-bond acceptors (Lipinski definition) is 1. The zero-order chi connectivity index (χ0) is 12.4. The molecule has 0 spiro atoms. The molecule has 1 aromatic rings. The van der Waals surface area contributed by atoms with Gasteiger partial charge in [0.1, 0.15) is 0 Å². The molecule has 1 saturated carbocycles. The molecule has 0 saturated heterocycles. The molecule has 0 aromatic heterocycles. The lowest BCUT2D eigenvalue weighted by molar-refractivity contribution is 0.300. The van der Waals surface area contributed by atoms with E-state index in [4.69, 9.17) is 0 Å². The molecule has 1 aromatic carbocycles. The molecule has 1 N–H and O–H groups in total. The summed E-state index contributed by atoms with van der Waals surface area (Å²) in [4.78, 5) is 0. The predicted molar refractivity (Wildman–Crippen MR) is 77.0 cm³/mol. The van der Waals surface area contributed by atoms with Crippen LogP contribution in [0.3, 0.4) is 0 Å². The number of hydrogen-bond donors (Lipinski definition) is 1. The molecule has 18 heavy (non-hydrogen) atoms. The van der Waals surface area contributed by atoms with Crippen molar-refractivity contribution in [3.8, 4) is 0 Å². The third kappa shape index (κ3) is 2.61. The lowest BCUT2D eigenvalue weighted by Gasteiger charge is -2.28. The predicted octanol–water partition coefficient (Wildman–Crippen LogP) is 3.50. The Balaban J connectivity index is 1.60. The van der Waals surface area contributed by atoms with Crippen molar-refractivity contribution in [2.75, 3.05) is 7.05 Å². The smallest absolute Gasteiger partial charge is 0.00642 e. The number of aryl methyl sites for hydroxylation is 2. The highest BCUT2D eigenvalue weighted by Crippen LogP contribution is 2.29. The van der Waals surface area contributed by atoms with Gasteiger partial charge in [-0.15, -0.1) is 0 Å². The van der Waals surface area contributed by atoms with Crippen molar-refractivity contribution in [3.63, 3.8) is 0 Å². The first-order valence-corrected chi connectivity index (χ1v) is 7.63. The van der Waals surface area contributed by atoms with Crippen LogP contribution in [0.4, 0.5) is 0 Å². The second kappa shape index (κ2) is 5.44.